The Hall–Kier alpha value is -5.60. The van der Waals surface area contributed by atoms with Crippen molar-refractivity contribution in [3.8, 4) is 67.3 Å². The molecular weight excluding hydrogens is 532 g/mol. The van der Waals surface area contributed by atoms with Crippen LogP contribution in [0.25, 0.3) is 67.3 Å². The minimum Gasteiger partial charge on any atom is -0.194 e. The summed E-state index contributed by atoms with van der Waals surface area (Å²) in [6.45, 7) is 0. The molecule has 0 spiro atoms. The standard InChI is InChI=1S/C42H34N2/c1-43-39(33-19-11-5-12-20-33)27-37(31-15-7-3-8-16-31)29-41(43)35-23-25-36(26-24-35)42-30-38(32-17-9-4-10-18-32)28-40(44(42)2)34-21-13-6-14-22-34/h3-30H,1-2H3/q+2. The van der Waals surface area contributed by atoms with E-state index in [2.05, 4.69) is 193 Å². The SMILES string of the molecule is C[n+]1c(-c2ccccc2)cc(-c2ccccc2)cc1-c1ccc(-c2cc(-c3ccccc3)cc(-c3ccccc3)[n+]2C)cc1. The first-order valence-corrected chi connectivity index (χ1v) is 15.1. The van der Waals surface area contributed by atoms with Crippen molar-refractivity contribution in [1.82, 2.24) is 0 Å². The molecule has 7 aromatic rings. The lowest BCUT2D eigenvalue weighted by Gasteiger charge is -2.12. The van der Waals surface area contributed by atoms with Crippen LogP contribution >= 0.6 is 0 Å². The zero-order valence-corrected chi connectivity index (χ0v) is 25.1. The lowest BCUT2D eigenvalue weighted by atomic mass is 9.97. The molecule has 0 atom stereocenters. The summed E-state index contributed by atoms with van der Waals surface area (Å²) in [6, 6.07) is 60.8. The molecule has 0 N–H and O–H groups in total. The average Bonchev–Trinajstić information content (AvgIpc) is 3.10. The van der Waals surface area contributed by atoms with Crippen LogP contribution in [0.3, 0.4) is 0 Å². The highest BCUT2D eigenvalue weighted by atomic mass is 15.0. The molecule has 2 heterocycles. The quantitative estimate of drug-likeness (QED) is 0.177. The second-order valence-corrected chi connectivity index (χ2v) is 11.2. The Kier molecular flexibility index (Phi) is 7.40. The summed E-state index contributed by atoms with van der Waals surface area (Å²) in [4.78, 5) is 0. The molecule has 2 aromatic heterocycles. The number of pyridine rings is 2. The second kappa shape index (κ2) is 11.9. The Morgan fingerprint density at radius 1 is 0.250 bits per heavy atom. The molecular formula is C42H34N2+2. The number of hydrogen-bond acceptors (Lipinski definition) is 0. The fourth-order valence-corrected chi connectivity index (χ4v) is 6.05. The number of aromatic nitrogens is 2. The van der Waals surface area contributed by atoms with Crippen LogP contribution in [0.4, 0.5) is 0 Å². The van der Waals surface area contributed by atoms with Crippen LogP contribution in [-0.2, 0) is 14.1 Å². The van der Waals surface area contributed by atoms with Crippen molar-refractivity contribution >= 4 is 0 Å². The maximum absolute atomic E-state index is 2.31. The third kappa shape index (κ3) is 5.34. The van der Waals surface area contributed by atoms with Gasteiger partial charge >= 0.3 is 0 Å². The maximum Gasteiger partial charge on any atom is 0.213 e. The summed E-state index contributed by atoms with van der Waals surface area (Å²) >= 11 is 0. The zero-order chi connectivity index (χ0) is 29.9. The van der Waals surface area contributed by atoms with Gasteiger partial charge in [0.25, 0.3) is 0 Å². The van der Waals surface area contributed by atoms with Crippen molar-refractivity contribution in [1.29, 1.82) is 0 Å². The number of benzene rings is 5. The summed E-state index contributed by atoms with van der Waals surface area (Å²) in [6.07, 6.45) is 0. The van der Waals surface area contributed by atoms with Gasteiger partial charge in [0, 0.05) is 46.5 Å². The van der Waals surface area contributed by atoms with E-state index >= 15 is 0 Å². The monoisotopic (exact) mass is 566 g/mol. The van der Waals surface area contributed by atoms with Crippen LogP contribution in [0.5, 0.6) is 0 Å². The molecule has 5 aromatic carbocycles. The van der Waals surface area contributed by atoms with Gasteiger partial charge in [0.1, 0.15) is 14.1 Å². The molecule has 0 aliphatic rings. The van der Waals surface area contributed by atoms with E-state index in [1.807, 2.05) is 0 Å². The normalized spacial score (nSPS) is 11.0. The van der Waals surface area contributed by atoms with E-state index in [1.165, 1.54) is 67.3 Å². The summed E-state index contributed by atoms with van der Waals surface area (Å²) in [5, 5.41) is 0. The molecule has 0 saturated heterocycles. The van der Waals surface area contributed by atoms with Crippen LogP contribution in [0, 0.1) is 0 Å². The molecule has 210 valence electrons. The molecule has 44 heavy (non-hydrogen) atoms. The highest BCUT2D eigenvalue weighted by molar-refractivity contribution is 5.76. The Morgan fingerprint density at radius 2 is 0.477 bits per heavy atom. The van der Waals surface area contributed by atoms with Gasteiger partial charge in [-0.25, -0.2) is 0 Å². The van der Waals surface area contributed by atoms with Crippen molar-refractivity contribution in [3.05, 3.63) is 170 Å². The van der Waals surface area contributed by atoms with E-state index in [9.17, 15) is 0 Å². The smallest absolute Gasteiger partial charge is 0.194 e. The zero-order valence-electron chi connectivity index (χ0n) is 25.1. The first-order chi connectivity index (χ1) is 21.7. The lowest BCUT2D eigenvalue weighted by Crippen LogP contribution is -2.34. The van der Waals surface area contributed by atoms with Crippen LogP contribution in [0.1, 0.15) is 0 Å². The Balaban J connectivity index is 1.36. The third-order valence-electron chi connectivity index (χ3n) is 8.44. The van der Waals surface area contributed by atoms with Crippen LogP contribution in [-0.4, -0.2) is 0 Å². The lowest BCUT2D eigenvalue weighted by molar-refractivity contribution is -0.649. The fraction of sp³-hybridized carbons (Fsp3) is 0.0476. The van der Waals surface area contributed by atoms with E-state index in [-0.39, 0.29) is 0 Å². The fourth-order valence-electron chi connectivity index (χ4n) is 6.05. The number of nitrogens with zero attached hydrogens (tertiary/aromatic N) is 2. The van der Waals surface area contributed by atoms with E-state index in [0.717, 1.165) is 0 Å². The van der Waals surface area contributed by atoms with Gasteiger partial charge in [-0.15, -0.1) is 0 Å². The van der Waals surface area contributed by atoms with Gasteiger partial charge in [-0.1, -0.05) is 97.1 Å². The molecule has 0 saturated carbocycles. The molecule has 0 fully saturated rings. The summed E-state index contributed by atoms with van der Waals surface area (Å²) in [5.41, 5.74) is 14.3. The molecule has 0 unspecified atom stereocenters. The highest BCUT2D eigenvalue weighted by Gasteiger charge is 2.22. The third-order valence-corrected chi connectivity index (χ3v) is 8.44. The predicted molar refractivity (Wildman–Crippen MR) is 181 cm³/mol. The largest absolute Gasteiger partial charge is 0.213 e. The van der Waals surface area contributed by atoms with Crippen LogP contribution in [0.15, 0.2) is 170 Å². The van der Waals surface area contributed by atoms with Gasteiger partial charge in [0.05, 0.1) is 0 Å². The first-order valence-electron chi connectivity index (χ1n) is 15.1. The van der Waals surface area contributed by atoms with Crippen molar-refractivity contribution in [2.75, 3.05) is 0 Å². The minimum atomic E-state index is 1.17. The predicted octanol–water partition coefficient (Wildman–Crippen LogP) is 9.34. The Morgan fingerprint density at radius 3 is 0.750 bits per heavy atom. The van der Waals surface area contributed by atoms with Gasteiger partial charge in [-0.05, 0) is 70.8 Å². The minimum absolute atomic E-state index is 1.17. The Labute approximate surface area is 259 Å². The highest BCUT2D eigenvalue weighted by Crippen LogP contribution is 2.32. The van der Waals surface area contributed by atoms with Gasteiger partial charge in [-0.3, -0.25) is 0 Å². The Bertz CT molecular complexity index is 1880. The van der Waals surface area contributed by atoms with Gasteiger partial charge in [-0.2, -0.15) is 9.13 Å². The molecule has 0 aliphatic heterocycles. The van der Waals surface area contributed by atoms with Crippen molar-refractivity contribution in [3.63, 3.8) is 0 Å². The van der Waals surface area contributed by atoms with Gasteiger partial charge < -0.3 is 0 Å². The average molecular weight is 567 g/mol. The molecule has 2 nitrogen and oxygen atoms in total. The molecule has 0 radical (unpaired) electrons. The summed E-state index contributed by atoms with van der Waals surface area (Å²) < 4.78 is 4.61. The molecule has 2 heteroatoms. The summed E-state index contributed by atoms with van der Waals surface area (Å²) in [5.74, 6) is 0. The number of rotatable bonds is 6. The van der Waals surface area contributed by atoms with Crippen LogP contribution < -0.4 is 9.13 Å². The van der Waals surface area contributed by atoms with Crippen molar-refractivity contribution < 1.29 is 9.13 Å². The van der Waals surface area contributed by atoms with E-state index in [1.54, 1.807) is 0 Å². The van der Waals surface area contributed by atoms with Crippen molar-refractivity contribution in [2.45, 2.75) is 0 Å². The first kappa shape index (κ1) is 27.2. The second-order valence-electron chi connectivity index (χ2n) is 11.2. The van der Waals surface area contributed by atoms with E-state index < -0.39 is 0 Å². The molecule has 0 amide bonds. The molecule has 7 rings (SSSR count). The number of hydrogen-bond donors (Lipinski definition) is 0. The van der Waals surface area contributed by atoms with Crippen molar-refractivity contribution in [2.24, 2.45) is 14.1 Å². The summed E-state index contributed by atoms with van der Waals surface area (Å²) in [7, 11) is 4.33. The molecule has 0 aliphatic carbocycles. The maximum atomic E-state index is 2.31. The van der Waals surface area contributed by atoms with Gasteiger partial charge in [0.2, 0.25) is 22.8 Å². The van der Waals surface area contributed by atoms with E-state index in [4.69, 9.17) is 0 Å². The topological polar surface area (TPSA) is 7.76 Å². The van der Waals surface area contributed by atoms with E-state index in [0.29, 0.717) is 0 Å². The van der Waals surface area contributed by atoms with Crippen LogP contribution in [0.2, 0.25) is 0 Å². The molecule has 0 bridgehead atoms. The van der Waals surface area contributed by atoms with Gasteiger partial charge in [0.15, 0.2) is 0 Å².